The first kappa shape index (κ1) is 18.2. The van der Waals surface area contributed by atoms with E-state index >= 15 is 0 Å². The van der Waals surface area contributed by atoms with E-state index < -0.39 is 5.54 Å². The molecule has 0 N–H and O–H groups in total. The van der Waals surface area contributed by atoms with E-state index in [9.17, 15) is 0 Å². The SMILES string of the molecule is CC(C)(C)c1cn(C(c2ccccc2)(c2ccccc2)c2ccccc2)cn1. The fourth-order valence-corrected chi connectivity index (χ4v) is 3.88. The highest BCUT2D eigenvalue weighted by atomic mass is 15.1. The standard InChI is InChI=1S/C26H26N2/c1-25(2,3)24-19-28(20-27-24)26(21-13-7-4-8-14-21,22-15-9-5-10-16-22)23-17-11-6-12-18-23/h4-20H,1-3H3. The van der Waals surface area contributed by atoms with Crippen LogP contribution in [0.15, 0.2) is 104 Å². The lowest BCUT2D eigenvalue weighted by Crippen LogP contribution is -2.37. The topological polar surface area (TPSA) is 17.8 Å². The van der Waals surface area contributed by atoms with E-state index in [1.807, 2.05) is 6.33 Å². The number of hydrogen-bond donors (Lipinski definition) is 0. The molecule has 4 aromatic rings. The number of hydrogen-bond acceptors (Lipinski definition) is 1. The Labute approximate surface area is 167 Å². The first-order valence-electron chi connectivity index (χ1n) is 9.74. The van der Waals surface area contributed by atoms with Crippen molar-refractivity contribution < 1.29 is 0 Å². The maximum Gasteiger partial charge on any atom is 0.121 e. The molecule has 0 bridgehead atoms. The summed E-state index contributed by atoms with van der Waals surface area (Å²) in [5, 5.41) is 0. The molecule has 0 fully saturated rings. The van der Waals surface area contributed by atoms with Crippen molar-refractivity contribution in [3.05, 3.63) is 126 Å². The molecule has 0 saturated heterocycles. The van der Waals surface area contributed by atoms with E-state index in [-0.39, 0.29) is 5.41 Å². The molecule has 3 aromatic carbocycles. The van der Waals surface area contributed by atoms with Crippen LogP contribution >= 0.6 is 0 Å². The Morgan fingerprint density at radius 2 is 1.00 bits per heavy atom. The molecular formula is C26H26N2. The smallest absolute Gasteiger partial charge is 0.121 e. The van der Waals surface area contributed by atoms with Gasteiger partial charge < -0.3 is 4.57 Å². The lowest BCUT2D eigenvalue weighted by Gasteiger charge is -2.37. The Hall–Kier alpha value is -3.13. The fourth-order valence-electron chi connectivity index (χ4n) is 3.88. The number of nitrogens with zero attached hydrogens (tertiary/aromatic N) is 2. The van der Waals surface area contributed by atoms with Gasteiger partial charge in [0.15, 0.2) is 0 Å². The second-order valence-corrected chi connectivity index (χ2v) is 8.22. The van der Waals surface area contributed by atoms with Crippen LogP contribution in [0, 0.1) is 0 Å². The van der Waals surface area contributed by atoms with Crippen molar-refractivity contribution in [3.63, 3.8) is 0 Å². The van der Waals surface area contributed by atoms with Gasteiger partial charge in [-0.25, -0.2) is 4.98 Å². The average molecular weight is 367 g/mol. The zero-order valence-electron chi connectivity index (χ0n) is 16.7. The zero-order valence-corrected chi connectivity index (χ0v) is 16.7. The molecule has 0 spiro atoms. The summed E-state index contributed by atoms with van der Waals surface area (Å²) < 4.78 is 2.27. The molecule has 2 nitrogen and oxygen atoms in total. The largest absolute Gasteiger partial charge is 0.319 e. The number of rotatable bonds is 4. The first-order chi connectivity index (χ1) is 13.5. The quantitative estimate of drug-likeness (QED) is 0.404. The molecule has 1 heterocycles. The maximum atomic E-state index is 4.79. The van der Waals surface area contributed by atoms with Gasteiger partial charge in [0, 0.05) is 11.6 Å². The summed E-state index contributed by atoms with van der Waals surface area (Å²) in [6.45, 7) is 6.61. The second-order valence-electron chi connectivity index (χ2n) is 8.22. The molecule has 0 aliphatic heterocycles. The summed E-state index contributed by atoms with van der Waals surface area (Å²) in [6.07, 6.45) is 4.18. The molecule has 0 aliphatic carbocycles. The molecule has 0 unspecified atom stereocenters. The van der Waals surface area contributed by atoms with Crippen LogP contribution in [0.1, 0.15) is 43.2 Å². The van der Waals surface area contributed by atoms with Gasteiger partial charge >= 0.3 is 0 Å². The first-order valence-corrected chi connectivity index (χ1v) is 9.74. The van der Waals surface area contributed by atoms with Gasteiger partial charge in [-0.15, -0.1) is 0 Å². The Kier molecular flexibility index (Phi) is 4.64. The van der Waals surface area contributed by atoms with Crippen LogP contribution in [-0.4, -0.2) is 9.55 Å². The average Bonchev–Trinajstić information content (AvgIpc) is 3.22. The molecule has 0 aliphatic rings. The second kappa shape index (κ2) is 7.12. The number of imidazole rings is 1. The van der Waals surface area contributed by atoms with Gasteiger partial charge in [-0.1, -0.05) is 112 Å². The van der Waals surface area contributed by atoms with Crippen molar-refractivity contribution in [1.29, 1.82) is 0 Å². The van der Waals surface area contributed by atoms with Crippen molar-refractivity contribution in [2.24, 2.45) is 0 Å². The summed E-state index contributed by atoms with van der Waals surface area (Å²) >= 11 is 0. The summed E-state index contributed by atoms with van der Waals surface area (Å²) in [4.78, 5) is 4.79. The van der Waals surface area contributed by atoms with Crippen LogP contribution < -0.4 is 0 Å². The predicted octanol–water partition coefficient (Wildman–Crippen LogP) is 6.02. The van der Waals surface area contributed by atoms with E-state index in [4.69, 9.17) is 4.98 Å². The Balaban J connectivity index is 2.09. The van der Waals surface area contributed by atoms with Gasteiger partial charge in [-0.2, -0.15) is 0 Å². The van der Waals surface area contributed by atoms with Crippen LogP contribution in [0.5, 0.6) is 0 Å². The van der Waals surface area contributed by atoms with Crippen molar-refractivity contribution in [2.45, 2.75) is 31.7 Å². The van der Waals surface area contributed by atoms with E-state index in [2.05, 4.69) is 123 Å². The van der Waals surface area contributed by atoms with Gasteiger partial charge in [0.25, 0.3) is 0 Å². The minimum atomic E-state index is -0.486. The van der Waals surface area contributed by atoms with Crippen molar-refractivity contribution in [1.82, 2.24) is 9.55 Å². The van der Waals surface area contributed by atoms with Crippen LogP contribution in [0.4, 0.5) is 0 Å². The van der Waals surface area contributed by atoms with E-state index in [0.29, 0.717) is 0 Å². The molecule has 0 saturated carbocycles. The van der Waals surface area contributed by atoms with Crippen molar-refractivity contribution in [3.8, 4) is 0 Å². The van der Waals surface area contributed by atoms with Crippen LogP contribution in [-0.2, 0) is 11.0 Å². The lowest BCUT2D eigenvalue weighted by molar-refractivity contribution is 0.510. The monoisotopic (exact) mass is 366 g/mol. The summed E-state index contributed by atoms with van der Waals surface area (Å²) in [5.41, 5.74) is 4.22. The third-order valence-electron chi connectivity index (χ3n) is 5.31. The van der Waals surface area contributed by atoms with Crippen molar-refractivity contribution in [2.75, 3.05) is 0 Å². The van der Waals surface area contributed by atoms with Gasteiger partial charge in [0.1, 0.15) is 5.54 Å². The van der Waals surface area contributed by atoms with Gasteiger partial charge in [0.2, 0.25) is 0 Å². The molecule has 2 heteroatoms. The third-order valence-corrected chi connectivity index (χ3v) is 5.31. The molecule has 0 atom stereocenters. The Morgan fingerprint density at radius 1 is 0.607 bits per heavy atom. The molecule has 140 valence electrons. The summed E-state index contributed by atoms with van der Waals surface area (Å²) in [5.74, 6) is 0. The van der Waals surface area contributed by atoms with Crippen LogP contribution in [0.3, 0.4) is 0 Å². The van der Waals surface area contributed by atoms with E-state index in [1.165, 1.54) is 16.7 Å². The van der Waals surface area contributed by atoms with Crippen LogP contribution in [0.2, 0.25) is 0 Å². The highest BCUT2D eigenvalue weighted by molar-refractivity contribution is 5.50. The van der Waals surface area contributed by atoms with Gasteiger partial charge in [-0.3, -0.25) is 0 Å². The highest BCUT2D eigenvalue weighted by Gasteiger charge is 2.38. The minimum absolute atomic E-state index is 0.0128. The molecule has 0 radical (unpaired) electrons. The van der Waals surface area contributed by atoms with Gasteiger partial charge in [-0.05, 0) is 16.7 Å². The highest BCUT2D eigenvalue weighted by Crippen LogP contribution is 2.41. The maximum absolute atomic E-state index is 4.79. The van der Waals surface area contributed by atoms with Crippen LogP contribution in [0.25, 0.3) is 0 Å². The Bertz CT molecular complexity index is 929. The zero-order chi connectivity index (χ0) is 19.6. The summed E-state index contributed by atoms with van der Waals surface area (Å²) in [6, 6.07) is 32.1. The molecule has 28 heavy (non-hydrogen) atoms. The van der Waals surface area contributed by atoms with Crippen molar-refractivity contribution >= 4 is 0 Å². The normalized spacial score (nSPS) is 12.1. The summed E-state index contributed by atoms with van der Waals surface area (Å²) in [7, 11) is 0. The molecular weight excluding hydrogens is 340 g/mol. The molecule has 4 rings (SSSR count). The van der Waals surface area contributed by atoms with E-state index in [0.717, 1.165) is 5.69 Å². The molecule has 1 aromatic heterocycles. The lowest BCUT2D eigenvalue weighted by atomic mass is 9.76. The Morgan fingerprint density at radius 3 is 1.32 bits per heavy atom. The van der Waals surface area contributed by atoms with E-state index in [1.54, 1.807) is 0 Å². The number of benzene rings is 3. The minimum Gasteiger partial charge on any atom is -0.319 e. The third kappa shape index (κ3) is 3.05. The predicted molar refractivity (Wildman–Crippen MR) is 116 cm³/mol. The molecule has 0 amide bonds. The fraction of sp³-hybridized carbons (Fsp3) is 0.192. The van der Waals surface area contributed by atoms with Gasteiger partial charge in [0.05, 0.1) is 12.0 Å². The number of aromatic nitrogens is 2.